The minimum atomic E-state index is -0.0198. The zero-order chi connectivity index (χ0) is 13.1. The summed E-state index contributed by atoms with van der Waals surface area (Å²) < 4.78 is 11.1. The van der Waals surface area contributed by atoms with Crippen molar-refractivity contribution in [3.05, 3.63) is 40.2 Å². The van der Waals surface area contributed by atoms with Crippen LogP contribution in [0.25, 0.3) is 11.0 Å². The predicted octanol–water partition coefficient (Wildman–Crippen LogP) is 2.04. The molecule has 0 fully saturated rings. The first-order valence-electron chi connectivity index (χ1n) is 5.88. The second kappa shape index (κ2) is 5.23. The van der Waals surface area contributed by atoms with Crippen LogP contribution in [0.2, 0.25) is 0 Å². The first kappa shape index (κ1) is 12.6. The molecular weight excluding hydrogens is 230 g/mol. The first-order valence-corrected chi connectivity index (χ1v) is 5.88. The van der Waals surface area contributed by atoms with Gasteiger partial charge in [0.25, 0.3) is 0 Å². The van der Waals surface area contributed by atoms with E-state index in [2.05, 4.69) is 0 Å². The Balaban J connectivity index is 2.24. The van der Waals surface area contributed by atoms with Crippen LogP contribution in [0.1, 0.15) is 5.76 Å². The van der Waals surface area contributed by atoms with Gasteiger partial charge in [0, 0.05) is 18.7 Å². The summed E-state index contributed by atoms with van der Waals surface area (Å²) in [7, 11) is 3.98. The van der Waals surface area contributed by atoms with E-state index < -0.39 is 0 Å². The van der Waals surface area contributed by atoms with Crippen molar-refractivity contribution in [1.29, 1.82) is 0 Å². The van der Waals surface area contributed by atoms with Crippen molar-refractivity contribution in [2.24, 2.45) is 0 Å². The van der Waals surface area contributed by atoms with E-state index in [9.17, 15) is 4.79 Å². The van der Waals surface area contributed by atoms with E-state index in [1.165, 1.54) is 6.07 Å². The molecule has 1 heterocycles. The summed E-state index contributed by atoms with van der Waals surface area (Å²) in [6.07, 6.45) is 0. The summed E-state index contributed by atoms with van der Waals surface area (Å²) in [6.45, 7) is 3.21. The van der Waals surface area contributed by atoms with Gasteiger partial charge >= 0.3 is 0 Å². The molecule has 2 aromatic rings. The van der Waals surface area contributed by atoms with Crippen LogP contribution in [-0.2, 0) is 0 Å². The molecule has 0 saturated carbocycles. The van der Waals surface area contributed by atoms with Gasteiger partial charge in [0.2, 0.25) is 0 Å². The van der Waals surface area contributed by atoms with Crippen LogP contribution >= 0.6 is 0 Å². The molecule has 0 unspecified atom stereocenters. The number of likely N-dealkylation sites (N-methyl/N-ethyl adjacent to an activating group) is 1. The normalized spacial score (nSPS) is 11.1. The smallest absolute Gasteiger partial charge is 0.192 e. The monoisotopic (exact) mass is 247 g/mol. The maximum Gasteiger partial charge on any atom is 0.192 e. The van der Waals surface area contributed by atoms with E-state index in [1.54, 1.807) is 25.1 Å². The van der Waals surface area contributed by atoms with Crippen molar-refractivity contribution >= 4 is 11.0 Å². The largest absolute Gasteiger partial charge is 0.492 e. The molecule has 4 nitrogen and oxygen atoms in total. The fourth-order valence-corrected chi connectivity index (χ4v) is 1.69. The highest BCUT2D eigenvalue weighted by molar-refractivity contribution is 5.77. The predicted molar refractivity (Wildman–Crippen MR) is 71.3 cm³/mol. The lowest BCUT2D eigenvalue weighted by atomic mass is 10.2. The molecular formula is C14H17NO3. The van der Waals surface area contributed by atoms with Crippen molar-refractivity contribution in [2.75, 3.05) is 27.2 Å². The molecule has 96 valence electrons. The average molecular weight is 247 g/mol. The minimum Gasteiger partial charge on any atom is -0.492 e. The molecule has 0 atom stereocenters. The Bertz CT molecular complexity index is 602. The van der Waals surface area contributed by atoms with Crippen molar-refractivity contribution in [3.63, 3.8) is 0 Å². The van der Waals surface area contributed by atoms with Gasteiger partial charge in [-0.1, -0.05) is 0 Å². The highest BCUT2D eigenvalue weighted by Gasteiger charge is 2.04. The van der Waals surface area contributed by atoms with Gasteiger partial charge in [-0.2, -0.15) is 0 Å². The zero-order valence-electron chi connectivity index (χ0n) is 10.9. The summed E-state index contributed by atoms with van der Waals surface area (Å²) in [6, 6.07) is 6.80. The van der Waals surface area contributed by atoms with Crippen molar-refractivity contribution in [2.45, 2.75) is 6.92 Å². The van der Waals surface area contributed by atoms with E-state index in [-0.39, 0.29) is 5.43 Å². The molecule has 0 aliphatic carbocycles. The first-order chi connectivity index (χ1) is 8.56. The Morgan fingerprint density at radius 1 is 1.28 bits per heavy atom. The van der Waals surface area contributed by atoms with Crippen LogP contribution in [0.5, 0.6) is 5.75 Å². The van der Waals surface area contributed by atoms with Crippen molar-refractivity contribution in [3.8, 4) is 5.75 Å². The van der Waals surface area contributed by atoms with E-state index in [0.29, 0.717) is 23.3 Å². The lowest BCUT2D eigenvalue weighted by molar-refractivity contribution is 0.261. The SMILES string of the molecule is Cc1cc(=O)c2ccc(OCCN(C)C)cc2o1. The third kappa shape index (κ3) is 2.90. The fraction of sp³-hybridized carbons (Fsp3) is 0.357. The summed E-state index contributed by atoms with van der Waals surface area (Å²) in [5.74, 6) is 1.33. The number of nitrogens with zero attached hydrogens (tertiary/aromatic N) is 1. The Hall–Kier alpha value is -1.81. The minimum absolute atomic E-state index is 0.0198. The van der Waals surface area contributed by atoms with Gasteiger partial charge in [-0.3, -0.25) is 4.79 Å². The Kier molecular flexibility index (Phi) is 3.67. The van der Waals surface area contributed by atoms with E-state index in [0.717, 1.165) is 12.3 Å². The summed E-state index contributed by atoms with van der Waals surface area (Å²) in [5.41, 5.74) is 0.552. The Morgan fingerprint density at radius 2 is 2.06 bits per heavy atom. The van der Waals surface area contributed by atoms with E-state index in [4.69, 9.17) is 9.15 Å². The topological polar surface area (TPSA) is 42.7 Å². The third-order valence-corrected chi connectivity index (χ3v) is 2.63. The van der Waals surface area contributed by atoms with Gasteiger partial charge in [-0.15, -0.1) is 0 Å². The number of hydrogen-bond acceptors (Lipinski definition) is 4. The molecule has 4 heteroatoms. The summed E-state index contributed by atoms with van der Waals surface area (Å²) >= 11 is 0. The van der Waals surface area contributed by atoms with Gasteiger partial charge in [0.15, 0.2) is 5.43 Å². The number of ether oxygens (including phenoxy) is 1. The Labute approximate surface area is 106 Å². The molecule has 0 radical (unpaired) electrons. The van der Waals surface area contributed by atoms with Crippen LogP contribution in [-0.4, -0.2) is 32.1 Å². The standard InChI is InChI=1S/C14H17NO3/c1-10-8-13(16)12-5-4-11(9-14(12)18-10)17-7-6-15(2)3/h4-5,8-9H,6-7H2,1-3H3. The van der Waals surface area contributed by atoms with Gasteiger partial charge in [0.05, 0.1) is 5.39 Å². The average Bonchev–Trinajstić information content (AvgIpc) is 2.27. The number of benzene rings is 1. The molecule has 1 aromatic carbocycles. The van der Waals surface area contributed by atoms with Gasteiger partial charge in [-0.25, -0.2) is 0 Å². The van der Waals surface area contributed by atoms with Gasteiger partial charge in [-0.05, 0) is 33.2 Å². The molecule has 0 bridgehead atoms. The van der Waals surface area contributed by atoms with Gasteiger partial charge < -0.3 is 14.1 Å². The van der Waals surface area contributed by atoms with Crippen molar-refractivity contribution < 1.29 is 9.15 Å². The van der Waals surface area contributed by atoms with Crippen LogP contribution in [0, 0.1) is 6.92 Å². The fourth-order valence-electron chi connectivity index (χ4n) is 1.69. The second-order valence-electron chi connectivity index (χ2n) is 4.53. The van der Waals surface area contributed by atoms with E-state index >= 15 is 0 Å². The maximum atomic E-state index is 11.7. The maximum absolute atomic E-state index is 11.7. The molecule has 0 aliphatic heterocycles. The van der Waals surface area contributed by atoms with Crippen LogP contribution in [0.4, 0.5) is 0 Å². The van der Waals surface area contributed by atoms with Gasteiger partial charge in [0.1, 0.15) is 23.7 Å². The van der Waals surface area contributed by atoms with Crippen molar-refractivity contribution in [1.82, 2.24) is 4.90 Å². The highest BCUT2D eigenvalue weighted by atomic mass is 16.5. The molecule has 0 amide bonds. The summed E-state index contributed by atoms with van der Waals surface area (Å²) in [4.78, 5) is 13.8. The van der Waals surface area contributed by atoms with Crippen LogP contribution in [0.15, 0.2) is 33.5 Å². The molecule has 0 spiro atoms. The zero-order valence-corrected chi connectivity index (χ0v) is 10.9. The lowest BCUT2D eigenvalue weighted by Crippen LogP contribution is -2.19. The highest BCUT2D eigenvalue weighted by Crippen LogP contribution is 2.19. The molecule has 0 aliphatic rings. The molecule has 2 rings (SSSR count). The Morgan fingerprint density at radius 3 is 2.78 bits per heavy atom. The number of aryl methyl sites for hydroxylation is 1. The number of fused-ring (bicyclic) bond motifs is 1. The molecule has 1 aromatic heterocycles. The van der Waals surface area contributed by atoms with E-state index in [1.807, 2.05) is 19.0 Å². The quantitative estimate of drug-likeness (QED) is 0.829. The molecule has 0 N–H and O–H groups in total. The lowest BCUT2D eigenvalue weighted by Gasteiger charge is -2.11. The molecule has 0 saturated heterocycles. The molecule has 18 heavy (non-hydrogen) atoms. The summed E-state index contributed by atoms with van der Waals surface area (Å²) in [5, 5.41) is 0.584. The third-order valence-electron chi connectivity index (χ3n) is 2.63. The van der Waals surface area contributed by atoms with Crippen LogP contribution < -0.4 is 10.2 Å². The number of hydrogen-bond donors (Lipinski definition) is 0. The van der Waals surface area contributed by atoms with Crippen LogP contribution in [0.3, 0.4) is 0 Å². The number of rotatable bonds is 4. The second-order valence-corrected chi connectivity index (χ2v) is 4.53.